The van der Waals surface area contributed by atoms with E-state index in [0.29, 0.717) is 10.6 Å². The van der Waals surface area contributed by atoms with Crippen molar-refractivity contribution in [3.05, 3.63) is 34.3 Å². The molecular weight excluding hydrogens is 216 g/mol. The number of halogens is 1. The van der Waals surface area contributed by atoms with Gasteiger partial charge in [0.15, 0.2) is 0 Å². The molecule has 1 aromatic rings. The Morgan fingerprint density at radius 3 is 2.80 bits per heavy atom. The molecule has 0 heterocycles. The monoisotopic (exact) mass is 228 g/mol. The van der Waals surface area contributed by atoms with E-state index in [1.807, 2.05) is 6.92 Å². The van der Waals surface area contributed by atoms with E-state index in [9.17, 15) is 9.90 Å². The minimum Gasteiger partial charge on any atom is -0.469 e. The van der Waals surface area contributed by atoms with Gasteiger partial charge in [-0.05, 0) is 30.2 Å². The van der Waals surface area contributed by atoms with Gasteiger partial charge < -0.3 is 9.84 Å². The molecule has 0 aromatic heterocycles. The molecule has 15 heavy (non-hydrogen) atoms. The van der Waals surface area contributed by atoms with Gasteiger partial charge in [0.1, 0.15) is 0 Å². The van der Waals surface area contributed by atoms with Gasteiger partial charge in [-0.25, -0.2) is 0 Å². The lowest BCUT2D eigenvalue weighted by atomic mass is 10.0. The number of aliphatic hydroxyl groups excluding tert-OH is 1. The molecule has 0 aliphatic carbocycles. The third kappa shape index (κ3) is 3.22. The van der Waals surface area contributed by atoms with E-state index >= 15 is 0 Å². The first-order valence-corrected chi connectivity index (χ1v) is 4.93. The van der Waals surface area contributed by atoms with Gasteiger partial charge in [0.25, 0.3) is 0 Å². The van der Waals surface area contributed by atoms with Crippen LogP contribution >= 0.6 is 11.6 Å². The Balaban J connectivity index is 2.82. The minimum atomic E-state index is -0.838. The number of esters is 1. The number of aryl methyl sites for hydroxylation is 1. The predicted molar refractivity (Wildman–Crippen MR) is 57.8 cm³/mol. The minimum absolute atomic E-state index is 0.0427. The zero-order chi connectivity index (χ0) is 11.4. The number of methoxy groups -OCH3 is 1. The molecule has 0 aliphatic heterocycles. The maximum atomic E-state index is 11.0. The molecule has 1 unspecified atom stereocenters. The third-order valence-electron chi connectivity index (χ3n) is 2.18. The predicted octanol–water partition coefficient (Wildman–Crippen LogP) is 2.24. The fourth-order valence-corrected chi connectivity index (χ4v) is 1.59. The van der Waals surface area contributed by atoms with E-state index in [4.69, 9.17) is 11.6 Å². The van der Waals surface area contributed by atoms with Crippen LogP contribution in [-0.2, 0) is 9.53 Å². The lowest BCUT2D eigenvalue weighted by Crippen LogP contribution is -2.09. The highest BCUT2D eigenvalue weighted by Gasteiger charge is 2.15. The molecule has 1 rings (SSSR count). The first-order chi connectivity index (χ1) is 7.04. The average molecular weight is 229 g/mol. The van der Waals surface area contributed by atoms with Crippen LogP contribution in [0.5, 0.6) is 0 Å². The summed E-state index contributed by atoms with van der Waals surface area (Å²) >= 11 is 5.78. The van der Waals surface area contributed by atoms with E-state index in [1.165, 1.54) is 7.11 Å². The highest BCUT2D eigenvalue weighted by Crippen LogP contribution is 2.23. The smallest absolute Gasteiger partial charge is 0.308 e. The topological polar surface area (TPSA) is 46.5 Å². The number of hydrogen-bond donors (Lipinski definition) is 1. The molecular formula is C11H13ClO3. The standard InChI is InChI=1S/C11H13ClO3/c1-7-5-8(12)3-4-9(7)10(13)6-11(14)15-2/h3-5,10,13H,6H2,1-2H3. The first kappa shape index (κ1) is 12.0. The molecule has 0 saturated heterocycles. The SMILES string of the molecule is COC(=O)CC(O)c1ccc(Cl)cc1C. The van der Waals surface area contributed by atoms with Crippen LogP contribution in [-0.4, -0.2) is 18.2 Å². The Labute approximate surface area is 93.6 Å². The molecule has 82 valence electrons. The number of ether oxygens (including phenoxy) is 1. The number of carbonyl (C=O) groups excluding carboxylic acids is 1. The summed E-state index contributed by atoms with van der Waals surface area (Å²) in [7, 11) is 1.30. The van der Waals surface area contributed by atoms with Crippen molar-refractivity contribution in [1.29, 1.82) is 0 Å². The molecule has 0 amide bonds. The number of benzene rings is 1. The van der Waals surface area contributed by atoms with Crippen molar-refractivity contribution in [3.8, 4) is 0 Å². The molecule has 0 saturated carbocycles. The van der Waals surface area contributed by atoms with Crippen LogP contribution in [0.4, 0.5) is 0 Å². The van der Waals surface area contributed by atoms with Gasteiger partial charge >= 0.3 is 5.97 Å². The summed E-state index contributed by atoms with van der Waals surface area (Å²) in [5.74, 6) is -0.433. The molecule has 0 bridgehead atoms. The molecule has 0 fully saturated rings. The van der Waals surface area contributed by atoms with Crippen LogP contribution in [0.3, 0.4) is 0 Å². The summed E-state index contributed by atoms with van der Waals surface area (Å²) in [6.07, 6.45) is -0.881. The zero-order valence-electron chi connectivity index (χ0n) is 8.66. The number of carbonyl (C=O) groups is 1. The second-order valence-electron chi connectivity index (χ2n) is 3.30. The maximum Gasteiger partial charge on any atom is 0.308 e. The van der Waals surface area contributed by atoms with Gasteiger partial charge in [0, 0.05) is 5.02 Å². The Hall–Kier alpha value is -1.06. The van der Waals surface area contributed by atoms with Crippen molar-refractivity contribution in [1.82, 2.24) is 0 Å². The van der Waals surface area contributed by atoms with Crippen LogP contribution in [0.15, 0.2) is 18.2 Å². The van der Waals surface area contributed by atoms with Gasteiger partial charge in [0.05, 0.1) is 19.6 Å². The fraction of sp³-hybridized carbons (Fsp3) is 0.364. The van der Waals surface area contributed by atoms with E-state index < -0.39 is 12.1 Å². The Morgan fingerprint density at radius 2 is 2.27 bits per heavy atom. The van der Waals surface area contributed by atoms with Gasteiger partial charge in [-0.1, -0.05) is 17.7 Å². The molecule has 0 spiro atoms. The number of rotatable bonds is 3. The molecule has 4 heteroatoms. The summed E-state index contributed by atoms with van der Waals surface area (Å²) in [5.41, 5.74) is 1.56. The van der Waals surface area contributed by atoms with Gasteiger partial charge in [0.2, 0.25) is 0 Å². The molecule has 1 aromatic carbocycles. The normalized spacial score (nSPS) is 12.3. The number of hydrogen-bond acceptors (Lipinski definition) is 3. The Bertz CT molecular complexity index is 363. The van der Waals surface area contributed by atoms with E-state index in [1.54, 1.807) is 18.2 Å². The summed E-state index contributed by atoms with van der Waals surface area (Å²) in [6.45, 7) is 1.84. The van der Waals surface area contributed by atoms with Crippen molar-refractivity contribution < 1.29 is 14.6 Å². The molecule has 3 nitrogen and oxygen atoms in total. The van der Waals surface area contributed by atoms with E-state index in [2.05, 4.69) is 4.74 Å². The lowest BCUT2D eigenvalue weighted by Gasteiger charge is -2.12. The van der Waals surface area contributed by atoms with Crippen molar-refractivity contribution in [2.75, 3.05) is 7.11 Å². The van der Waals surface area contributed by atoms with Crippen LogP contribution < -0.4 is 0 Å². The zero-order valence-corrected chi connectivity index (χ0v) is 9.41. The molecule has 1 atom stereocenters. The van der Waals surface area contributed by atoms with Crippen molar-refractivity contribution in [2.45, 2.75) is 19.4 Å². The maximum absolute atomic E-state index is 11.0. The van der Waals surface area contributed by atoms with Crippen LogP contribution in [0.25, 0.3) is 0 Å². The Kier molecular flexibility index (Phi) is 4.12. The van der Waals surface area contributed by atoms with E-state index in [0.717, 1.165) is 5.56 Å². The summed E-state index contributed by atoms with van der Waals surface area (Å²) in [6, 6.07) is 5.15. The quantitative estimate of drug-likeness (QED) is 0.808. The number of aliphatic hydroxyl groups is 1. The van der Waals surface area contributed by atoms with Gasteiger partial charge in [-0.3, -0.25) is 4.79 Å². The highest BCUT2D eigenvalue weighted by atomic mass is 35.5. The first-order valence-electron chi connectivity index (χ1n) is 4.55. The largest absolute Gasteiger partial charge is 0.469 e. The van der Waals surface area contributed by atoms with E-state index in [-0.39, 0.29) is 6.42 Å². The van der Waals surface area contributed by atoms with Crippen molar-refractivity contribution in [3.63, 3.8) is 0 Å². The summed E-state index contributed by atoms with van der Waals surface area (Å²) in [5, 5.41) is 10.4. The van der Waals surface area contributed by atoms with Crippen LogP contribution in [0, 0.1) is 6.92 Å². The fourth-order valence-electron chi connectivity index (χ4n) is 1.36. The summed E-state index contributed by atoms with van der Waals surface area (Å²) in [4.78, 5) is 11.0. The van der Waals surface area contributed by atoms with Crippen molar-refractivity contribution in [2.24, 2.45) is 0 Å². The average Bonchev–Trinajstić information content (AvgIpc) is 2.17. The molecule has 0 aliphatic rings. The third-order valence-corrected chi connectivity index (χ3v) is 2.41. The lowest BCUT2D eigenvalue weighted by molar-refractivity contribution is -0.142. The van der Waals surface area contributed by atoms with Crippen LogP contribution in [0.1, 0.15) is 23.7 Å². The Morgan fingerprint density at radius 1 is 1.60 bits per heavy atom. The second kappa shape index (κ2) is 5.14. The van der Waals surface area contributed by atoms with Crippen molar-refractivity contribution >= 4 is 17.6 Å². The second-order valence-corrected chi connectivity index (χ2v) is 3.73. The summed E-state index contributed by atoms with van der Waals surface area (Å²) < 4.78 is 4.48. The van der Waals surface area contributed by atoms with Gasteiger partial charge in [-0.15, -0.1) is 0 Å². The van der Waals surface area contributed by atoms with Crippen LogP contribution in [0.2, 0.25) is 5.02 Å². The molecule has 1 N–H and O–H groups in total. The van der Waals surface area contributed by atoms with Gasteiger partial charge in [-0.2, -0.15) is 0 Å². The molecule has 0 radical (unpaired) electrons. The highest BCUT2D eigenvalue weighted by molar-refractivity contribution is 6.30.